The first-order valence-electron chi connectivity index (χ1n) is 9.24. The average molecular weight is 409 g/mol. The Morgan fingerprint density at radius 1 is 1.24 bits per heavy atom. The van der Waals surface area contributed by atoms with Gasteiger partial charge in [0.05, 0.1) is 18.0 Å². The molecule has 0 saturated carbocycles. The van der Waals surface area contributed by atoms with Crippen molar-refractivity contribution in [1.82, 2.24) is 5.32 Å². The number of benzene rings is 1. The number of aliphatic hydroxyl groups excluding tert-OH is 1. The van der Waals surface area contributed by atoms with E-state index in [2.05, 4.69) is 5.32 Å². The number of esters is 1. The molecule has 0 heterocycles. The molecule has 10 nitrogen and oxygen atoms in total. The summed E-state index contributed by atoms with van der Waals surface area (Å²) < 4.78 is 4.93. The Kier molecular flexibility index (Phi) is 9.20. The summed E-state index contributed by atoms with van der Waals surface area (Å²) in [7, 11) is 0. The second-order valence-electron chi connectivity index (χ2n) is 7.00. The summed E-state index contributed by atoms with van der Waals surface area (Å²) in [6.45, 7) is 5.38. The molecule has 1 aromatic carbocycles. The lowest BCUT2D eigenvalue weighted by molar-refractivity contribution is -0.384. The number of nitrogens with zero attached hydrogens (tertiary/aromatic N) is 1. The van der Waals surface area contributed by atoms with Crippen molar-refractivity contribution in [2.75, 3.05) is 6.61 Å². The summed E-state index contributed by atoms with van der Waals surface area (Å²) in [5, 5.41) is 23.3. The van der Waals surface area contributed by atoms with Gasteiger partial charge in [0.1, 0.15) is 12.1 Å². The second-order valence-corrected chi connectivity index (χ2v) is 7.00. The zero-order chi connectivity index (χ0) is 22.1. The van der Waals surface area contributed by atoms with Crippen molar-refractivity contribution < 1.29 is 29.2 Å². The summed E-state index contributed by atoms with van der Waals surface area (Å²) in [5.74, 6) is -3.23. The van der Waals surface area contributed by atoms with E-state index >= 15 is 0 Å². The van der Waals surface area contributed by atoms with Crippen molar-refractivity contribution in [3.8, 4) is 0 Å². The van der Waals surface area contributed by atoms with Crippen LogP contribution in [0.4, 0.5) is 5.69 Å². The quantitative estimate of drug-likeness (QED) is 0.279. The van der Waals surface area contributed by atoms with E-state index in [4.69, 9.17) is 10.5 Å². The molecule has 0 aliphatic heterocycles. The number of hydrogen-bond acceptors (Lipinski definition) is 7. The smallest absolute Gasteiger partial charge is 0.306 e. The van der Waals surface area contributed by atoms with Gasteiger partial charge in [0, 0.05) is 18.1 Å². The SMILES string of the molecule is CCOC(=O)C[C@@H](c1ccc([N+](=O)[O-])cc1)[C@H](NC(=O)[C@H](O)CC(C)C)C(N)=O. The number of non-ortho nitro benzene ring substituents is 1. The Morgan fingerprint density at radius 2 is 1.83 bits per heavy atom. The standard InChI is InChI=1S/C19H27N3O7/c1-4-29-16(24)10-14(12-5-7-13(8-6-12)22(27)28)17(18(20)25)21-19(26)15(23)9-11(2)3/h5-8,11,14-15,17,23H,4,9-10H2,1-3H3,(H2,20,25)(H,21,26)/t14-,15+,17-/m0/s1. The third-order valence-corrected chi connectivity index (χ3v) is 4.23. The first-order valence-corrected chi connectivity index (χ1v) is 9.24. The summed E-state index contributed by atoms with van der Waals surface area (Å²) in [5.41, 5.74) is 5.67. The molecule has 3 atom stereocenters. The van der Waals surface area contributed by atoms with Crippen LogP contribution in [0.15, 0.2) is 24.3 Å². The Balaban J connectivity index is 3.20. The summed E-state index contributed by atoms with van der Waals surface area (Å²) >= 11 is 0. The molecule has 0 spiro atoms. The van der Waals surface area contributed by atoms with Crippen LogP contribution < -0.4 is 11.1 Å². The number of nitro groups is 1. The van der Waals surface area contributed by atoms with Crippen LogP contribution in [0.3, 0.4) is 0 Å². The number of carbonyl (C=O) groups is 3. The van der Waals surface area contributed by atoms with Gasteiger partial charge in [-0.25, -0.2) is 0 Å². The molecule has 29 heavy (non-hydrogen) atoms. The monoisotopic (exact) mass is 409 g/mol. The average Bonchev–Trinajstić information content (AvgIpc) is 2.63. The molecular formula is C19H27N3O7. The van der Waals surface area contributed by atoms with E-state index < -0.39 is 40.8 Å². The highest BCUT2D eigenvalue weighted by atomic mass is 16.6. The lowest BCUT2D eigenvalue weighted by Crippen LogP contribution is -2.51. The van der Waals surface area contributed by atoms with Crippen LogP contribution in [0.25, 0.3) is 0 Å². The number of nitrogens with two attached hydrogens (primary N) is 1. The minimum atomic E-state index is -1.35. The summed E-state index contributed by atoms with van der Waals surface area (Å²) in [6, 6.07) is 3.89. The fraction of sp³-hybridized carbons (Fsp3) is 0.526. The molecule has 1 aromatic rings. The number of amides is 2. The molecule has 10 heteroatoms. The first kappa shape index (κ1) is 24.0. The maximum absolute atomic E-state index is 12.3. The lowest BCUT2D eigenvalue weighted by atomic mass is 9.87. The van der Waals surface area contributed by atoms with Crippen LogP contribution in [-0.4, -0.2) is 46.6 Å². The van der Waals surface area contributed by atoms with Crippen LogP contribution in [0, 0.1) is 16.0 Å². The number of hydrogen-bond donors (Lipinski definition) is 3. The van der Waals surface area contributed by atoms with Gasteiger partial charge >= 0.3 is 5.97 Å². The second kappa shape index (κ2) is 11.1. The fourth-order valence-corrected chi connectivity index (χ4v) is 2.84. The topological polar surface area (TPSA) is 162 Å². The normalized spacial score (nSPS) is 14.0. The van der Waals surface area contributed by atoms with Crippen LogP contribution in [0.2, 0.25) is 0 Å². The van der Waals surface area contributed by atoms with E-state index in [1.54, 1.807) is 6.92 Å². The molecule has 0 aliphatic carbocycles. The van der Waals surface area contributed by atoms with Crippen LogP contribution in [0.5, 0.6) is 0 Å². The van der Waals surface area contributed by atoms with Crippen molar-refractivity contribution in [3.05, 3.63) is 39.9 Å². The van der Waals surface area contributed by atoms with E-state index in [1.165, 1.54) is 24.3 Å². The number of ether oxygens (including phenoxy) is 1. The number of nitro benzene ring substituents is 1. The zero-order valence-electron chi connectivity index (χ0n) is 16.7. The van der Waals surface area contributed by atoms with Gasteiger partial charge in [0.25, 0.3) is 5.69 Å². The molecule has 0 fully saturated rings. The maximum atomic E-state index is 12.3. The van der Waals surface area contributed by atoms with Gasteiger partial charge in [-0.3, -0.25) is 24.5 Å². The van der Waals surface area contributed by atoms with Gasteiger partial charge in [0.2, 0.25) is 11.8 Å². The van der Waals surface area contributed by atoms with Crippen molar-refractivity contribution in [2.45, 2.75) is 51.7 Å². The highest BCUT2D eigenvalue weighted by Crippen LogP contribution is 2.27. The zero-order valence-corrected chi connectivity index (χ0v) is 16.7. The van der Waals surface area contributed by atoms with Crippen LogP contribution >= 0.6 is 0 Å². The van der Waals surface area contributed by atoms with Gasteiger partial charge in [-0.1, -0.05) is 26.0 Å². The minimum Gasteiger partial charge on any atom is -0.466 e. The summed E-state index contributed by atoms with van der Waals surface area (Å²) in [6.07, 6.45) is -1.46. The van der Waals surface area contributed by atoms with Crippen molar-refractivity contribution in [1.29, 1.82) is 0 Å². The summed E-state index contributed by atoms with van der Waals surface area (Å²) in [4.78, 5) is 46.7. The van der Waals surface area contributed by atoms with Crippen molar-refractivity contribution >= 4 is 23.5 Å². The van der Waals surface area contributed by atoms with E-state index in [1.807, 2.05) is 13.8 Å². The van der Waals surface area contributed by atoms with E-state index in [-0.39, 0.29) is 31.1 Å². The first-order chi connectivity index (χ1) is 13.6. The molecule has 4 N–H and O–H groups in total. The molecule has 0 radical (unpaired) electrons. The van der Waals surface area contributed by atoms with E-state index in [0.717, 1.165) is 0 Å². The van der Waals surface area contributed by atoms with Crippen molar-refractivity contribution in [2.24, 2.45) is 11.7 Å². The Hall–Kier alpha value is -3.01. The largest absolute Gasteiger partial charge is 0.466 e. The molecule has 0 aliphatic rings. The van der Waals surface area contributed by atoms with Gasteiger partial charge in [-0.2, -0.15) is 0 Å². The van der Waals surface area contributed by atoms with Gasteiger partial charge in [-0.05, 0) is 24.8 Å². The number of rotatable bonds is 11. The number of carbonyl (C=O) groups excluding carboxylic acids is 3. The minimum absolute atomic E-state index is 0.0350. The number of aliphatic hydroxyl groups is 1. The molecule has 0 saturated heterocycles. The molecular weight excluding hydrogens is 382 g/mol. The molecule has 0 aromatic heterocycles. The number of primary amides is 1. The predicted octanol–water partition coefficient (Wildman–Crippen LogP) is 1.01. The predicted molar refractivity (Wildman–Crippen MR) is 104 cm³/mol. The van der Waals surface area contributed by atoms with Gasteiger partial charge in [-0.15, -0.1) is 0 Å². The molecule has 0 bridgehead atoms. The third kappa shape index (κ3) is 7.49. The molecule has 1 rings (SSSR count). The highest BCUT2D eigenvalue weighted by Gasteiger charge is 2.33. The van der Waals surface area contributed by atoms with Gasteiger partial charge in [0.15, 0.2) is 0 Å². The fourth-order valence-electron chi connectivity index (χ4n) is 2.84. The van der Waals surface area contributed by atoms with Gasteiger partial charge < -0.3 is 20.9 Å². The van der Waals surface area contributed by atoms with Crippen LogP contribution in [0.1, 0.15) is 45.1 Å². The molecule has 2 amide bonds. The van der Waals surface area contributed by atoms with E-state index in [0.29, 0.717) is 5.56 Å². The third-order valence-electron chi connectivity index (χ3n) is 4.23. The number of nitrogens with one attached hydrogen (secondary N) is 1. The molecule has 0 unspecified atom stereocenters. The van der Waals surface area contributed by atoms with Crippen LogP contribution in [-0.2, 0) is 19.1 Å². The Bertz CT molecular complexity index is 734. The van der Waals surface area contributed by atoms with E-state index in [9.17, 15) is 29.6 Å². The molecule has 160 valence electrons. The highest BCUT2D eigenvalue weighted by molar-refractivity contribution is 5.89. The Morgan fingerprint density at radius 3 is 2.28 bits per heavy atom. The Labute approximate surface area is 168 Å². The lowest BCUT2D eigenvalue weighted by Gasteiger charge is -2.26. The maximum Gasteiger partial charge on any atom is 0.306 e. The van der Waals surface area contributed by atoms with Crippen molar-refractivity contribution in [3.63, 3.8) is 0 Å².